The minimum atomic E-state index is -0.247. The molecule has 24 heavy (non-hydrogen) atoms. The van der Waals surface area contributed by atoms with E-state index in [1.807, 2.05) is 29.0 Å². The first-order chi connectivity index (χ1) is 11.6. The highest BCUT2D eigenvalue weighted by molar-refractivity contribution is 7.08. The van der Waals surface area contributed by atoms with Crippen molar-refractivity contribution in [1.29, 1.82) is 0 Å². The third-order valence-corrected chi connectivity index (χ3v) is 4.18. The summed E-state index contributed by atoms with van der Waals surface area (Å²) in [5.74, 6) is -0.247. The van der Waals surface area contributed by atoms with Crippen molar-refractivity contribution in [2.24, 2.45) is 0 Å². The molecule has 122 valence electrons. The van der Waals surface area contributed by atoms with Gasteiger partial charge in [-0.2, -0.15) is 11.3 Å². The zero-order valence-electron chi connectivity index (χ0n) is 13.1. The summed E-state index contributed by atoms with van der Waals surface area (Å²) in [5, 5.41) is 6.84. The van der Waals surface area contributed by atoms with Crippen LogP contribution in [-0.4, -0.2) is 20.4 Å². The highest BCUT2D eigenvalue weighted by Gasteiger charge is 2.09. The Bertz CT molecular complexity index is 903. The molecular formula is C17H16N4O2S. The number of nitrogens with one attached hydrogen (secondary N) is 1. The summed E-state index contributed by atoms with van der Waals surface area (Å²) < 4.78 is 1.28. The van der Waals surface area contributed by atoms with Gasteiger partial charge in [0.15, 0.2) is 0 Å². The number of carbonyl (C=O) groups excluding carboxylic acids is 1. The topological polar surface area (TPSA) is 76.9 Å². The predicted molar refractivity (Wildman–Crippen MR) is 92.6 cm³/mol. The molecule has 1 N–H and O–H groups in total. The molecule has 0 spiro atoms. The normalized spacial score (nSPS) is 10.5. The number of hydrogen-bond donors (Lipinski definition) is 1. The van der Waals surface area contributed by atoms with Crippen molar-refractivity contribution < 1.29 is 4.79 Å². The van der Waals surface area contributed by atoms with Crippen molar-refractivity contribution >= 4 is 17.2 Å². The van der Waals surface area contributed by atoms with E-state index in [0.29, 0.717) is 12.2 Å². The van der Waals surface area contributed by atoms with Crippen molar-refractivity contribution in [3.8, 4) is 11.3 Å². The zero-order valence-corrected chi connectivity index (χ0v) is 13.9. The van der Waals surface area contributed by atoms with E-state index in [1.54, 1.807) is 24.5 Å². The lowest BCUT2D eigenvalue weighted by Gasteiger charge is -2.10. The first kappa shape index (κ1) is 16.1. The number of pyridine rings is 1. The Morgan fingerprint density at radius 1 is 1.33 bits per heavy atom. The monoisotopic (exact) mass is 340 g/mol. The Hall–Kier alpha value is -2.80. The van der Waals surface area contributed by atoms with Crippen LogP contribution in [0.15, 0.2) is 52.3 Å². The van der Waals surface area contributed by atoms with Gasteiger partial charge in [-0.3, -0.25) is 19.1 Å². The van der Waals surface area contributed by atoms with E-state index in [4.69, 9.17) is 0 Å². The maximum Gasteiger partial charge on any atom is 0.253 e. The number of hydrogen-bond acceptors (Lipinski definition) is 5. The van der Waals surface area contributed by atoms with Gasteiger partial charge in [0, 0.05) is 35.4 Å². The van der Waals surface area contributed by atoms with Crippen LogP contribution in [-0.2, 0) is 17.9 Å². The number of aromatic nitrogens is 3. The third kappa shape index (κ3) is 3.75. The Kier molecular flexibility index (Phi) is 4.81. The molecule has 6 nitrogen and oxygen atoms in total. The fourth-order valence-corrected chi connectivity index (χ4v) is 2.92. The van der Waals surface area contributed by atoms with Crippen LogP contribution in [0.3, 0.4) is 0 Å². The first-order valence-corrected chi connectivity index (χ1v) is 8.34. The Morgan fingerprint density at radius 3 is 2.96 bits per heavy atom. The van der Waals surface area contributed by atoms with Gasteiger partial charge in [0.25, 0.3) is 5.56 Å². The second kappa shape index (κ2) is 7.18. The zero-order chi connectivity index (χ0) is 16.9. The number of rotatable bonds is 5. The first-order valence-electron chi connectivity index (χ1n) is 7.40. The quantitative estimate of drug-likeness (QED) is 0.770. The molecule has 0 atom stereocenters. The lowest BCUT2D eigenvalue weighted by Crippen LogP contribution is -2.32. The number of nitrogens with zero attached hydrogens (tertiary/aromatic N) is 3. The van der Waals surface area contributed by atoms with Crippen LogP contribution >= 0.6 is 11.3 Å². The Balaban J connectivity index is 1.68. The molecule has 0 fully saturated rings. The summed E-state index contributed by atoms with van der Waals surface area (Å²) in [7, 11) is 0. The van der Waals surface area contributed by atoms with Crippen molar-refractivity contribution in [1.82, 2.24) is 19.9 Å². The maximum atomic E-state index is 12.1. The molecule has 0 bridgehead atoms. The van der Waals surface area contributed by atoms with Gasteiger partial charge in [-0.15, -0.1) is 0 Å². The van der Waals surface area contributed by atoms with E-state index in [9.17, 15) is 9.59 Å². The molecule has 0 aromatic carbocycles. The number of aryl methyl sites for hydroxylation is 1. The van der Waals surface area contributed by atoms with Crippen molar-refractivity contribution in [2.45, 2.75) is 20.0 Å². The minimum Gasteiger partial charge on any atom is -0.350 e. The van der Waals surface area contributed by atoms with Gasteiger partial charge in [-0.1, -0.05) is 6.07 Å². The molecule has 3 aromatic heterocycles. The molecule has 0 radical (unpaired) electrons. The molecule has 3 rings (SSSR count). The summed E-state index contributed by atoms with van der Waals surface area (Å²) in [6.07, 6.45) is 3.12. The van der Waals surface area contributed by atoms with Crippen LogP contribution in [0.25, 0.3) is 11.3 Å². The summed E-state index contributed by atoms with van der Waals surface area (Å²) in [6.45, 7) is 2.03. The van der Waals surface area contributed by atoms with Crippen LogP contribution < -0.4 is 10.9 Å². The molecule has 0 aliphatic carbocycles. The molecule has 0 aliphatic rings. The standard InChI is InChI=1S/C17H16N4O2S/c1-12-7-16(23)21(11-20-12)9-15(22)19-8-13-3-2-5-18-17(13)14-4-6-24-10-14/h2-7,10-11H,8-9H2,1H3,(H,19,22). The summed E-state index contributed by atoms with van der Waals surface area (Å²) in [4.78, 5) is 32.3. The molecule has 0 saturated carbocycles. The van der Waals surface area contributed by atoms with Gasteiger partial charge >= 0.3 is 0 Å². The van der Waals surface area contributed by atoms with Crippen molar-refractivity contribution in [3.63, 3.8) is 0 Å². The van der Waals surface area contributed by atoms with Gasteiger partial charge in [-0.05, 0) is 30.0 Å². The van der Waals surface area contributed by atoms with E-state index in [2.05, 4.69) is 15.3 Å². The lowest BCUT2D eigenvalue weighted by atomic mass is 10.1. The summed E-state index contributed by atoms with van der Waals surface area (Å²) in [5.41, 5.74) is 3.21. The van der Waals surface area contributed by atoms with E-state index in [-0.39, 0.29) is 18.0 Å². The van der Waals surface area contributed by atoms with Crippen LogP contribution in [0.5, 0.6) is 0 Å². The summed E-state index contributed by atoms with van der Waals surface area (Å²) >= 11 is 1.60. The number of carbonyl (C=O) groups is 1. The van der Waals surface area contributed by atoms with Crippen molar-refractivity contribution in [2.75, 3.05) is 0 Å². The van der Waals surface area contributed by atoms with Crippen LogP contribution in [0.4, 0.5) is 0 Å². The average Bonchev–Trinajstić information content (AvgIpc) is 3.10. The number of amides is 1. The largest absolute Gasteiger partial charge is 0.350 e. The van der Waals surface area contributed by atoms with E-state index < -0.39 is 0 Å². The fraction of sp³-hybridized carbons (Fsp3) is 0.176. The fourth-order valence-electron chi connectivity index (χ4n) is 2.28. The molecule has 7 heteroatoms. The third-order valence-electron chi connectivity index (χ3n) is 3.49. The number of thiophene rings is 1. The van der Waals surface area contributed by atoms with Gasteiger partial charge in [0.1, 0.15) is 6.54 Å². The van der Waals surface area contributed by atoms with Crippen LogP contribution in [0, 0.1) is 6.92 Å². The van der Waals surface area contributed by atoms with E-state index >= 15 is 0 Å². The summed E-state index contributed by atoms with van der Waals surface area (Å²) in [6, 6.07) is 7.17. The molecule has 1 amide bonds. The van der Waals surface area contributed by atoms with Gasteiger partial charge < -0.3 is 5.32 Å². The Labute approximate surface area is 142 Å². The van der Waals surface area contributed by atoms with E-state index in [0.717, 1.165) is 16.8 Å². The minimum absolute atomic E-state index is 0.0554. The molecule has 0 saturated heterocycles. The molecule has 3 aromatic rings. The van der Waals surface area contributed by atoms with Gasteiger partial charge in [-0.25, -0.2) is 4.98 Å². The molecule has 3 heterocycles. The van der Waals surface area contributed by atoms with Crippen molar-refractivity contribution in [3.05, 3.63) is 69.2 Å². The van der Waals surface area contributed by atoms with Crippen LogP contribution in [0.1, 0.15) is 11.3 Å². The highest BCUT2D eigenvalue weighted by Crippen LogP contribution is 2.23. The second-order valence-electron chi connectivity index (χ2n) is 5.30. The lowest BCUT2D eigenvalue weighted by molar-refractivity contribution is -0.121. The second-order valence-corrected chi connectivity index (χ2v) is 6.08. The van der Waals surface area contributed by atoms with Gasteiger partial charge in [0.2, 0.25) is 5.91 Å². The van der Waals surface area contributed by atoms with Gasteiger partial charge in [0.05, 0.1) is 12.0 Å². The average molecular weight is 340 g/mol. The molecule has 0 unspecified atom stereocenters. The maximum absolute atomic E-state index is 12.1. The van der Waals surface area contributed by atoms with Crippen LogP contribution in [0.2, 0.25) is 0 Å². The van der Waals surface area contributed by atoms with E-state index in [1.165, 1.54) is 17.0 Å². The smallest absolute Gasteiger partial charge is 0.253 e. The predicted octanol–water partition coefficient (Wildman–Crippen LogP) is 1.99. The highest BCUT2D eigenvalue weighted by atomic mass is 32.1. The SMILES string of the molecule is Cc1cc(=O)n(CC(=O)NCc2cccnc2-c2ccsc2)cn1. The molecule has 0 aliphatic heterocycles. The molecular weight excluding hydrogens is 324 g/mol. The Morgan fingerprint density at radius 2 is 2.21 bits per heavy atom.